The number of aromatic amines is 1. The van der Waals surface area contributed by atoms with Crippen molar-refractivity contribution in [1.82, 2.24) is 25.1 Å². The molecule has 0 spiro atoms. The lowest BCUT2D eigenvalue weighted by Gasteiger charge is -2.30. The van der Waals surface area contributed by atoms with Gasteiger partial charge in [0, 0.05) is 26.7 Å². The number of rotatable bonds is 9. The van der Waals surface area contributed by atoms with E-state index in [-0.39, 0.29) is 11.8 Å². The number of nitrogens with one attached hydrogen (secondary N) is 2. The molecule has 8 nitrogen and oxygen atoms in total. The fraction of sp³-hybridized carbons (Fsp3) is 0.522. The summed E-state index contributed by atoms with van der Waals surface area (Å²) in [7, 11) is 2.02. The SMILES string of the molecule is CCNC(=NCCCN1CCCC(C(N)=O)C1)N(C)Cc1ncc(-c2ccccc2)[nH]1. The standard InChI is InChI=1S/C23H35N7O/c1-3-25-23(26-12-8-14-30-13-7-11-19(16-30)22(24)31)29(2)17-21-27-15-20(28-21)18-9-5-4-6-10-18/h4-6,9-10,15,19H,3,7-8,11-14,16-17H2,1-2H3,(H2,24,31)(H,25,26)(H,27,28). The Morgan fingerprint density at radius 3 is 2.94 bits per heavy atom. The summed E-state index contributed by atoms with van der Waals surface area (Å²) in [4.78, 5) is 28.6. The average Bonchev–Trinajstić information content (AvgIpc) is 3.25. The summed E-state index contributed by atoms with van der Waals surface area (Å²) in [5, 5.41) is 3.36. The number of primary amides is 1. The van der Waals surface area contributed by atoms with Crippen molar-refractivity contribution in [3.63, 3.8) is 0 Å². The molecule has 4 N–H and O–H groups in total. The molecule has 1 fully saturated rings. The molecular formula is C23H35N7O. The second-order valence-electron chi connectivity index (χ2n) is 8.10. The number of aliphatic imine (C=N–C) groups is 1. The van der Waals surface area contributed by atoms with Crippen LogP contribution in [0.2, 0.25) is 0 Å². The van der Waals surface area contributed by atoms with Gasteiger partial charge in [0.05, 0.1) is 24.4 Å². The Morgan fingerprint density at radius 1 is 1.39 bits per heavy atom. The lowest BCUT2D eigenvalue weighted by Crippen LogP contribution is -2.41. The van der Waals surface area contributed by atoms with Crippen molar-refractivity contribution < 1.29 is 4.79 Å². The van der Waals surface area contributed by atoms with Crippen molar-refractivity contribution in [3.05, 3.63) is 42.4 Å². The van der Waals surface area contributed by atoms with Gasteiger partial charge in [0.1, 0.15) is 5.82 Å². The third-order valence-corrected chi connectivity index (χ3v) is 5.60. The number of nitrogens with zero attached hydrogens (tertiary/aromatic N) is 4. The molecule has 2 aromatic rings. The van der Waals surface area contributed by atoms with Crippen LogP contribution in [0, 0.1) is 5.92 Å². The molecule has 1 unspecified atom stereocenters. The number of benzene rings is 1. The number of H-pyrrole nitrogens is 1. The number of guanidine groups is 1. The van der Waals surface area contributed by atoms with E-state index in [2.05, 4.69) is 44.1 Å². The van der Waals surface area contributed by atoms with Crippen LogP contribution in [0.15, 0.2) is 41.5 Å². The minimum absolute atomic E-state index is 0.00484. The van der Waals surface area contributed by atoms with Gasteiger partial charge in [-0.15, -0.1) is 0 Å². The molecule has 8 heteroatoms. The summed E-state index contributed by atoms with van der Waals surface area (Å²) in [6.45, 7) is 7.01. The normalized spacial score (nSPS) is 17.5. The van der Waals surface area contributed by atoms with Crippen molar-refractivity contribution >= 4 is 11.9 Å². The highest BCUT2D eigenvalue weighted by Crippen LogP contribution is 2.17. The van der Waals surface area contributed by atoms with Gasteiger partial charge in [-0.25, -0.2) is 4.98 Å². The largest absolute Gasteiger partial charge is 0.369 e. The van der Waals surface area contributed by atoms with Gasteiger partial charge in [0.15, 0.2) is 5.96 Å². The Morgan fingerprint density at radius 2 is 2.19 bits per heavy atom. The lowest BCUT2D eigenvalue weighted by molar-refractivity contribution is -0.123. The van der Waals surface area contributed by atoms with Gasteiger partial charge in [0.2, 0.25) is 5.91 Å². The Kier molecular flexibility index (Phi) is 8.46. The monoisotopic (exact) mass is 425 g/mol. The number of hydrogen-bond donors (Lipinski definition) is 3. The zero-order valence-corrected chi connectivity index (χ0v) is 18.7. The van der Waals surface area contributed by atoms with Crippen LogP contribution in [0.1, 0.15) is 32.0 Å². The second kappa shape index (κ2) is 11.5. The first-order valence-electron chi connectivity index (χ1n) is 11.2. The predicted molar refractivity (Wildman–Crippen MR) is 124 cm³/mol. The van der Waals surface area contributed by atoms with Gasteiger partial charge in [-0.1, -0.05) is 30.3 Å². The van der Waals surface area contributed by atoms with Gasteiger partial charge < -0.3 is 25.8 Å². The highest BCUT2D eigenvalue weighted by molar-refractivity contribution is 5.79. The highest BCUT2D eigenvalue weighted by Gasteiger charge is 2.23. The maximum Gasteiger partial charge on any atom is 0.221 e. The Hall–Kier alpha value is -2.87. The summed E-state index contributed by atoms with van der Waals surface area (Å²) in [5.41, 5.74) is 7.62. The van der Waals surface area contributed by atoms with Gasteiger partial charge in [-0.05, 0) is 44.8 Å². The molecule has 0 bridgehead atoms. The number of nitrogens with two attached hydrogens (primary N) is 1. The van der Waals surface area contributed by atoms with E-state index in [1.54, 1.807) is 0 Å². The van der Waals surface area contributed by atoms with E-state index in [1.807, 2.05) is 31.4 Å². The Bertz CT molecular complexity index is 849. The molecule has 0 saturated carbocycles. The zero-order valence-electron chi connectivity index (χ0n) is 18.7. The van der Waals surface area contributed by atoms with E-state index in [1.165, 1.54) is 0 Å². The number of likely N-dealkylation sites (tertiary alicyclic amines) is 1. The molecule has 0 aliphatic carbocycles. The minimum atomic E-state index is -0.174. The van der Waals surface area contributed by atoms with E-state index in [9.17, 15) is 4.79 Å². The zero-order chi connectivity index (χ0) is 22.1. The third kappa shape index (κ3) is 6.82. The summed E-state index contributed by atoms with van der Waals surface area (Å²) in [6.07, 6.45) is 4.78. The van der Waals surface area contributed by atoms with E-state index < -0.39 is 0 Å². The number of hydrogen-bond acceptors (Lipinski definition) is 4. The van der Waals surface area contributed by atoms with Crippen LogP contribution in [0.5, 0.6) is 0 Å². The summed E-state index contributed by atoms with van der Waals surface area (Å²) in [5.74, 6) is 1.59. The van der Waals surface area contributed by atoms with Crippen LogP contribution in [-0.4, -0.2) is 71.4 Å². The fourth-order valence-corrected chi connectivity index (χ4v) is 3.95. The number of imidazole rings is 1. The molecule has 3 rings (SSSR count). The Balaban J connectivity index is 1.50. The average molecular weight is 426 g/mol. The van der Waals surface area contributed by atoms with Gasteiger partial charge >= 0.3 is 0 Å². The first kappa shape index (κ1) is 22.8. The van der Waals surface area contributed by atoms with E-state index in [4.69, 9.17) is 10.7 Å². The van der Waals surface area contributed by atoms with Crippen LogP contribution < -0.4 is 11.1 Å². The van der Waals surface area contributed by atoms with Crippen LogP contribution in [0.4, 0.5) is 0 Å². The molecule has 1 atom stereocenters. The molecule has 1 aromatic heterocycles. The molecule has 1 aliphatic heterocycles. The molecule has 2 heterocycles. The first-order chi connectivity index (χ1) is 15.1. The number of piperidine rings is 1. The maximum absolute atomic E-state index is 11.5. The number of amides is 1. The third-order valence-electron chi connectivity index (χ3n) is 5.60. The Labute approximate surface area is 184 Å². The van der Waals surface area contributed by atoms with Crippen LogP contribution in [0.3, 0.4) is 0 Å². The highest BCUT2D eigenvalue weighted by atomic mass is 16.1. The quantitative estimate of drug-likeness (QED) is 0.324. The van der Waals surface area contributed by atoms with Crippen LogP contribution >= 0.6 is 0 Å². The molecular weight excluding hydrogens is 390 g/mol. The lowest BCUT2D eigenvalue weighted by atomic mass is 9.97. The van der Waals surface area contributed by atoms with E-state index >= 15 is 0 Å². The second-order valence-corrected chi connectivity index (χ2v) is 8.10. The molecule has 31 heavy (non-hydrogen) atoms. The van der Waals surface area contributed by atoms with Crippen molar-refractivity contribution in [2.75, 3.05) is 39.8 Å². The smallest absolute Gasteiger partial charge is 0.221 e. The topological polar surface area (TPSA) is 103 Å². The summed E-state index contributed by atoms with van der Waals surface area (Å²) >= 11 is 0. The molecule has 1 amide bonds. The molecule has 1 aromatic carbocycles. The maximum atomic E-state index is 11.5. The molecule has 1 aliphatic rings. The van der Waals surface area contributed by atoms with Crippen LogP contribution in [-0.2, 0) is 11.3 Å². The molecule has 1 saturated heterocycles. The van der Waals surface area contributed by atoms with Gasteiger partial charge in [0.25, 0.3) is 0 Å². The predicted octanol–water partition coefficient (Wildman–Crippen LogP) is 2.06. The van der Waals surface area contributed by atoms with E-state index in [0.717, 1.165) is 75.0 Å². The number of aromatic nitrogens is 2. The minimum Gasteiger partial charge on any atom is -0.369 e. The van der Waals surface area contributed by atoms with Crippen LogP contribution in [0.25, 0.3) is 11.3 Å². The molecule has 0 radical (unpaired) electrons. The van der Waals surface area contributed by atoms with Crippen molar-refractivity contribution in [1.29, 1.82) is 0 Å². The summed E-state index contributed by atoms with van der Waals surface area (Å²) < 4.78 is 0. The van der Waals surface area contributed by atoms with E-state index in [0.29, 0.717) is 6.54 Å². The van der Waals surface area contributed by atoms with Gasteiger partial charge in [-0.2, -0.15) is 0 Å². The van der Waals surface area contributed by atoms with Gasteiger partial charge in [-0.3, -0.25) is 9.79 Å². The number of carbonyl (C=O) groups excluding carboxylic acids is 1. The molecule has 168 valence electrons. The summed E-state index contributed by atoms with van der Waals surface area (Å²) in [6, 6.07) is 10.2. The first-order valence-corrected chi connectivity index (χ1v) is 11.2. The van der Waals surface area contributed by atoms with Crippen molar-refractivity contribution in [3.8, 4) is 11.3 Å². The number of carbonyl (C=O) groups is 1. The van der Waals surface area contributed by atoms with Crippen molar-refractivity contribution in [2.45, 2.75) is 32.7 Å². The van der Waals surface area contributed by atoms with Crippen molar-refractivity contribution in [2.24, 2.45) is 16.6 Å². The fourth-order valence-electron chi connectivity index (χ4n) is 3.95.